The number of amides is 1. The smallest absolute Gasteiger partial charge is 0.339 e. The summed E-state index contributed by atoms with van der Waals surface area (Å²) in [4.78, 5) is 25.2. The Balaban J connectivity index is 2.11. The zero-order valence-corrected chi connectivity index (χ0v) is 12.0. The van der Waals surface area contributed by atoms with Crippen LogP contribution in [0.15, 0.2) is 18.2 Å². The number of piperidine rings is 1. The fourth-order valence-corrected chi connectivity index (χ4v) is 2.43. The van der Waals surface area contributed by atoms with Crippen molar-refractivity contribution in [3.8, 4) is 5.75 Å². The van der Waals surface area contributed by atoms with Crippen LogP contribution in [0.2, 0.25) is 0 Å². The predicted molar refractivity (Wildman–Crippen MR) is 78.3 cm³/mol. The SMILES string of the molecule is CC(Oc1cc(N)ccc1C(=O)O)C(=O)N1CCCCC1. The lowest BCUT2D eigenvalue weighted by molar-refractivity contribution is -0.138. The number of nitrogen functional groups attached to an aromatic ring is 1. The fourth-order valence-electron chi connectivity index (χ4n) is 2.43. The molecule has 1 fully saturated rings. The number of benzene rings is 1. The first-order chi connectivity index (χ1) is 9.99. The largest absolute Gasteiger partial charge is 0.480 e. The van der Waals surface area contributed by atoms with Gasteiger partial charge in [-0.25, -0.2) is 4.79 Å². The van der Waals surface area contributed by atoms with Gasteiger partial charge in [0.1, 0.15) is 11.3 Å². The molecule has 6 heteroatoms. The maximum Gasteiger partial charge on any atom is 0.339 e. The molecule has 114 valence electrons. The Hall–Kier alpha value is -2.24. The van der Waals surface area contributed by atoms with Crippen molar-refractivity contribution < 1.29 is 19.4 Å². The summed E-state index contributed by atoms with van der Waals surface area (Å²) in [7, 11) is 0. The first-order valence-corrected chi connectivity index (χ1v) is 7.07. The topological polar surface area (TPSA) is 92.9 Å². The summed E-state index contributed by atoms with van der Waals surface area (Å²) < 4.78 is 5.55. The number of likely N-dealkylation sites (tertiary alicyclic amines) is 1. The van der Waals surface area contributed by atoms with E-state index in [-0.39, 0.29) is 17.2 Å². The van der Waals surface area contributed by atoms with Gasteiger partial charge < -0.3 is 20.5 Å². The minimum absolute atomic E-state index is 0.00231. The minimum atomic E-state index is -1.11. The van der Waals surface area contributed by atoms with Gasteiger partial charge in [-0.2, -0.15) is 0 Å². The van der Waals surface area contributed by atoms with Crippen molar-refractivity contribution >= 4 is 17.6 Å². The molecular formula is C15H20N2O4. The fraction of sp³-hybridized carbons (Fsp3) is 0.467. The van der Waals surface area contributed by atoms with E-state index in [4.69, 9.17) is 15.6 Å². The lowest BCUT2D eigenvalue weighted by atomic mass is 10.1. The highest BCUT2D eigenvalue weighted by molar-refractivity contribution is 5.92. The Morgan fingerprint density at radius 3 is 2.57 bits per heavy atom. The Kier molecular flexibility index (Phi) is 4.67. The molecule has 0 spiro atoms. The molecular weight excluding hydrogens is 272 g/mol. The van der Waals surface area contributed by atoms with E-state index < -0.39 is 12.1 Å². The van der Waals surface area contributed by atoms with Gasteiger partial charge in [-0.15, -0.1) is 0 Å². The second-order valence-corrected chi connectivity index (χ2v) is 5.21. The van der Waals surface area contributed by atoms with Gasteiger partial charge in [0.2, 0.25) is 0 Å². The van der Waals surface area contributed by atoms with Crippen LogP contribution in [0.5, 0.6) is 5.75 Å². The van der Waals surface area contributed by atoms with E-state index >= 15 is 0 Å². The molecule has 1 amide bonds. The van der Waals surface area contributed by atoms with Crippen LogP contribution in [0.3, 0.4) is 0 Å². The number of carboxylic acids is 1. The van der Waals surface area contributed by atoms with E-state index in [9.17, 15) is 9.59 Å². The highest BCUT2D eigenvalue weighted by Crippen LogP contribution is 2.24. The van der Waals surface area contributed by atoms with Crippen LogP contribution >= 0.6 is 0 Å². The zero-order chi connectivity index (χ0) is 15.4. The van der Waals surface area contributed by atoms with Crippen LogP contribution < -0.4 is 10.5 Å². The van der Waals surface area contributed by atoms with Gasteiger partial charge in [-0.3, -0.25) is 4.79 Å². The van der Waals surface area contributed by atoms with Crippen molar-refractivity contribution in [2.24, 2.45) is 0 Å². The molecule has 1 aromatic rings. The van der Waals surface area contributed by atoms with Gasteiger partial charge in [0.05, 0.1) is 0 Å². The number of hydrogen-bond acceptors (Lipinski definition) is 4. The van der Waals surface area contributed by atoms with Crippen LogP contribution in [0.25, 0.3) is 0 Å². The quantitative estimate of drug-likeness (QED) is 0.825. The Bertz CT molecular complexity index is 538. The van der Waals surface area contributed by atoms with Gasteiger partial charge in [0, 0.05) is 24.8 Å². The van der Waals surface area contributed by atoms with Crippen LogP contribution in [-0.2, 0) is 4.79 Å². The van der Waals surface area contributed by atoms with Crippen molar-refractivity contribution in [2.75, 3.05) is 18.8 Å². The van der Waals surface area contributed by atoms with Crippen LogP contribution in [0.1, 0.15) is 36.5 Å². The number of carbonyl (C=O) groups is 2. The Morgan fingerprint density at radius 2 is 1.95 bits per heavy atom. The molecule has 1 saturated heterocycles. The first-order valence-electron chi connectivity index (χ1n) is 7.07. The number of carboxylic acid groups (broad SMARTS) is 1. The summed E-state index contributed by atoms with van der Waals surface area (Å²) in [5, 5.41) is 9.14. The lowest BCUT2D eigenvalue weighted by Crippen LogP contribution is -2.43. The van der Waals surface area contributed by atoms with Crippen molar-refractivity contribution in [3.05, 3.63) is 23.8 Å². The van der Waals surface area contributed by atoms with Crippen molar-refractivity contribution in [1.82, 2.24) is 4.90 Å². The van der Waals surface area contributed by atoms with Gasteiger partial charge in [-0.05, 0) is 38.3 Å². The average molecular weight is 292 g/mol. The molecule has 1 aliphatic heterocycles. The second kappa shape index (κ2) is 6.47. The maximum absolute atomic E-state index is 12.3. The van der Waals surface area contributed by atoms with Crippen molar-refractivity contribution in [3.63, 3.8) is 0 Å². The molecule has 1 atom stereocenters. The first kappa shape index (κ1) is 15.2. The molecule has 0 saturated carbocycles. The highest BCUT2D eigenvalue weighted by Gasteiger charge is 2.25. The number of hydrogen-bond donors (Lipinski definition) is 2. The van der Waals surface area contributed by atoms with Crippen molar-refractivity contribution in [2.45, 2.75) is 32.3 Å². The summed E-state index contributed by atoms with van der Waals surface area (Å²) in [5.41, 5.74) is 6.05. The second-order valence-electron chi connectivity index (χ2n) is 5.21. The summed E-state index contributed by atoms with van der Waals surface area (Å²) in [6, 6.07) is 4.31. The molecule has 0 aliphatic carbocycles. The van der Waals surface area contributed by atoms with Crippen LogP contribution in [-0.4, -0.2) is 41.1 Å². The minimum Gasteiger partial charge on any atom is -0.480 e. The molecule has 1 aliphatic rings. The van der Waals surface area contributed by atoms with E-state index in [1.807, 2.05) is 0 Å². The monoisotopic (exact) mass is 292 g/mol. The Labute approximate surface area is 123 Å². The molecule has 2 rings (SSSR count). The maximum atomic E-state index is 12.3. The summed E-state index contributed by atoms with van der Waals surface area (Å²) in [6.45, 7) is 3.09. The molecule has 0 bridgehead atoms. The molecule has 0 aromatic heterocycles. The van der Waals surface area contributed by atoms with Crippen molar-refractivity contribution in [1.29, 1.82) is 0 Å². The summed E-state index contributed by atoms with van der Waals surface area (Å²) >= 11 is 0. The molecule has 1 unspecified atom stereocenters. The standard InChI is InChI=1S/C15H20N2O4/c1-10(14(18)17-7-3-2-4-8-17)21-13-9-11(16)5-6-12(13)15(19)20/h5-6,9-10H,2-4,7-8,16H2,1H3,(H,19,20). The Morgan fingerprint density at radius 1 is 1.29 bits per heavy atom. The molecule has 0 radical (unpaired) electrons. The van der Waals surface area contributed by atoms with Gasteiger partial charge in [-0.1, -0.05) is 0 Å². The van der Waals surface area contributed by atoms with Gasteiger partial charge >= 0.3 is 5.97 Å². The molecule has 6 nitrogen and oxygen atoms in total. The average Bonchev–Trinajstić information content (AvgIpc) is 2.47. The third kappa shape index (κ3) is 3.65. The summed E-state index contributed by atoms with van der Waals surface area (Å²) in [6.07, 6.45) is 2.40. The van der Waals surface area contributed by atoms with E-state index in [1.54, 1.807) is 11.8 Å². The number of rotatable bonds is 4. The van der Waals surface area contributed by atoms with Gasteiger partial charge in [0.15, 0.2) is 6.10 Å². The van der Waals surface area contributed by atoms with E-state index in [2.05, 4.69) is 0 Å². The number of nitrogens with two attached hydrogens (primary N) is 1. The van der Waals surface area contributed by atoms with Gasteiger partial charge in [0.25, 0.3) is 5.91 Å². The lowest BCUT2D eigenvalue weighted by Gasteiger charge is -2.29. The van der Waals surface area contributed by atoms with E-state index in [0.717, 1.165) is 32.4 Å². The molecule has 21 heavy (non-hydrogen) atoms. The van der Waals surface area contributed by atoms with E-state index in [0.29, 0.717) is 5.69 Å². The normalized spacial score (nSPS) is 16.3. The molecule has 1 heterocycles. The number of anilines is 1. The zero-order valence-electron chi connectivity index (χ0n) is 12.0. The third-order valence-electron chi connectivity index (χ3n) is 3.56. The number of ether oxygens (including phenoxy) is 1. The van der Waals surface area contributed by atoms with E-state index in [1.165, 1.54) is 18.2 Å². The number of carbonyl (C=O) groups excluding carboxylic acids is 1. The highest BCUT2D eigenvalue weighted by atomic mass is 16.5. The predicted octanol–water partition coefficient (Wildman–Crippen LogP) is 1.75. The third-order valence-corrected chi connectivity index (χ3v) is 3.56. The summed E-state index contributed by atoms with van der Waals surface area (Å²) in [5.74, 6) is -1.10. The van der Waals surface area contributed by atoms with Crippen LogP contribution in [0.4, 0.5) is 5.69 Å². The van der Waals surface area contributed by atoms with Crippen LogP contribution in [0, 0.1) is 0 Å². The molecule has 3 N–H and O–H groups in total. The number of aromatic carboxylic acids is 1. The molecule has 1 aromatic carbocycles. The number of nitrogens with zero attached hydrogens (tertiary/aromatic N) is 1.